The number of thioether (sulfide) groups is 1. The Bertz CT molecular complexity index is 936. The number of pyridine rings is 1. The summed E-state index contributed by atoms with van der Waals surface area (Å²) in [6.07, 6.45) is 1.47. The molecule has 1 aromatic carbocycles. The van der Waals surface area contributed by atoms with Crippen molar-refractivity contribution in [3.63, 3.8) is 0 Å². The quantitative estimate of drug-likeness (QED) is 0.657. The van der Waals surface area contributed by atoms with Gasteiger partial charge >= 0.3 is 0 Å². The first-order valence-electron chi connectivity index (χ1n) is 9.86. The largest absolute Gasteiger partial charge is 0.379 e. The van der Waals surface area contributed by atoms with Gasteiger partial charge in [-0.1, -0.05) is 32.9 Å². The standard InChI is InChI=1S/C22H30N2O3S2/c1-16-12-18(22(3,4)5)13-17(2)20(16)15-28-21-7-6-19(14-23-21)29(25,26)24-8-10-27-11-9-24/h6-7,12-14H,8-11,15H2,1-5H3. The highest BCUT2D eigenvalue weighted by atomic mass is 32.2. The lowest BCUT2D eigenvalue weighted by Crippen LogP contribution is -2.40. The Kier molecular flexibility index (Phi) is 6.73. The second kappa shape index (κ2) is 8.76. The second-order valence-corrected chi connectivity index (χ2v) is 11.4. The number of morpholine rings is 1. The van der Waals surface area contributed by atoms with Gasteiger partial charge in [0.15, 0.2) is 0 Å². The van der Waals surface area contributed by atoms with Crippen molar-refractivity contribution < 1.29 is 13.2 Å². The molecule has 0 bridgehead atoms. The average Bonchev–Trinajstić information content (AvgIpc) is 2.67. The van der Waals surface area contributed by atoms with Gasteiger partial charge < -0.3 is 4.74 Å². The summed E-state index contributed by atoms with van der Waals surface area (Å²) >= 11 is 1.63. The molecule has 0 spiro atoms. The molecule has 0 unspecified atom stereocenters. The van der Waals surface area contributed by atoms with E-state index < -0.39 is 10.0 Å². The number of ether oxygens (including phenoxy) is 1. The number of benzene rings is 1. The smallest absolute Gasteiger partial charge is 0.244 e. The van der Waals surface area contributed by atoms with Crippen molar-refractivity contribution in [1.29, 1.82) is 0 Å². The Hall–Kier alpha value is -1.41. The number of hydrogen-bond acceptors (Lipinski definition) is 5. The van der Waals surface area contributed by atoms with Crippen LogP contribution in [0.3, 0.4) is 0 Å². The van der Waals surface area contributed by atoms with Crippen molar-refractivity contribution in [2.24, 2.45) is 0 Å². The third-order valence-corrected chi connectivity index (χ3v) is 8.10. The molecule has 158 valence electrons. The van der Waals surface area contributed by atoms with Crippen LogP contribution < -0.4 is 0 Å². The van der Waals surface area contributed by atoms with E-state index in [9.17, 15) is 8.42 Å². The molecule has 0 saturated carbocycles. The minimum atomic E-state index is -3.50. The van der Waals surface area contributed by atoms with Crippen molar-refractivity contribution in [2.45, 2.75) is 55.7 Å². The Morgan fingerprint density at radius 3 is 2.24 bits per heavy atom. The van der Waals surface area contributed by atoms with E-state index in [0.29, 0.717) is 26.3 Å². The van der Waals surface area contributed by atoms with Gasteiger partial charge in [0.1, 0.15) is 4.90 Å². The molecular formula is C22H30N2O3S2. The highest BCUT2D eigenvalue weighted by Gasteiger charge is 2.26. The zero-order chi connectivity index (χ0) is 21.2. The van der Waals surface area contributed by atoms with Crippen LogP contribution >= 0.6 is 11.8 Å². The van der Waals surface area contributed by atoms with Gasteiger partial charge in [-0.15, -0.1) is 11.8 Å². The number of aryl methyl sites for hydroxylation is 2. The zero-order valence-corrected chi connectivity index (χ0v) is 19.5. The fraction of sp³-hybridized carbons (Fsp3) is 0.500. The number of hydrogen-bond donors (Lipinski definition) is 0. The summed E-state index contributed by atoms with van der Waals surface area (Å²) in [5.41, 5.74) is 5.36. The number of aromatic nitrogens is 1. The van der Waals surface area contributed by atoms with E-state index in [1.165, 1.54) is 32.8 Å². The first-order valence-corrected chi connectivity index (χ1v) is 12.3. The SMILES string of the molecule is Cc1cc(C(C)(C)C)cc(C)c1CSc1ccc(S(=O)(=O)N2CCOCC2)cn1. The first-order chi connectivity index (χ1) is 13.6. The van der Waals surface area contributed by atoms with E-state index >= 15 is 0 Å². The molecule has 29 heavy (non-hydrogen) atoms. The van der Waals surface area contributed by atoms with Gasteiger partial charge in [0.05, 0.1) is 18.2 Å². The molecule has 3 rings (SSSR count). The van der Waals surface area contributed by atoms with Crippen LogP contribution in [0, 0.1) is 13.8 Å². The fourth-order valence-electron chi connectivity index (χ4n) is 3.34. The van der Waals surface area contributed by atoms with E-state index in [0.717, 1.165) is 10.8 Å². The minimum absolute atomic E-state index is 0.130. The summed E-state index contributed by atoms with van der Waals surface area (Å²) in [5.74, 6) is 0.810. The molecular weight excluding hydrogens is 404 g/mol. The number of sulfonamides is 1. The van der Waals surface area contributed by atoms with Crippen LogP contribution in [0.25, 0.3) is 0 Å². The highest BCUT2D eigenvalue weighted by Crippen LogP contribution is 2.30. The third kappa shape index (κ3) is 5.20. The van der Waals surface area contributed by atoms with Crippen molar-refractivity contribution >= 4 is 21.8 Å². The van der Waals surface area contributed by atoms with Crippen LogP contribution in [0.15, 0.2) is 40.4 Å². The Labute approximate surface area is 178 Å². The molecule has 1 fully saturated rings. The van der Waals surface area contributed by atoms with Gasteiger partial charge in [-0.05, 0) is 53.6 Å². The molecule has 5 nitrogen and oxygen atoms in total. The van der Waals surface area contributed by atoms with Crippen molar-refractivity contribution in [2.75, 3.05) is 26.3 Å². The van der Waals surface area contributed by atoms with Crippen LogP contribution in [0.1, 0.15) is 43.0 Å². The fourth-order valence-corrected chi connectivity index (χ4v) is 5.73. The molecule has 7 heteroatoms. The van der Waals surface area contributed by atoms with Gasteiger partial charge in [0.25, 0.3) is 0 Å². The van der Waals surface area contributed by atoms with Crippen LogP contribution in [-0.4, -0.2) is 44.0 Å². The van der Waals surface area contributed by atoms with Crippen LogP contribution in [0.5, 0.6) is 0 Å². The highest BCUT2D eigenvalue weighted by molar-refractivity contribution is 7.98. The Balaban J connectivity index is 1.71. The van der Waals surface area contributed by atoms with Crippen molar-refractivity contribution in [1.82, 2.24) is 9.29 Å². The molecule has 0 aliphatic carbocycles. The Morgan fingerprint density at radius 2 is 1.72 bits per heavy atom. The molecule has 1 aromatic heterocycles. The predicted molar refractivity (Wildman–Crippen MR) is 118 cm³/mol. The summed E-state index contributed by atoms with van der Waals surface area (Å²) in [5, 5.41) is 0.824. The predicted octanol–water partition coefficient (Wildman–Crippen LogP) is 4.31. The van der Waals surface area contributed by atoms with Gasteiger partial charge in [-0.2, -0.15) is 4.31 Å². The number of nitrogens with zero attached hydrogens (tertiary/aromatic N) is 2. The molecule has 0 amide bonds. The monoisotopic (exact) mass is 434 g/mol. The summed E-state index contributed by atoms with van der Waals surface area (Å²) in [6.45, 7) is 12.7. The third-order valence-electron chi connectivity index (χ3n) is 5.24. The second-order valence-electron chi connectivity index (χ2n) is 8.48. The summed E-state index contributed by atoms with van der Waals surface area (Å²) in [4.78, 5) is 4.64. The summed E-state index contributed by atoms with van der Waals surface area (Å²) < 4.78 is 32.1. The van der Waals surface area contributed by atoms with Crippen molar-refractivity contribution in [3.8, 4) is 0 Å². The zero-order valence-electron chi connectivity index (χ0n) is 17.9. The minimum Gasteiger partial charge on any atom is -0.379 e. The lowest BCUT2D eigenvalue weighted by atomic mass is 9.84. The molecule has 2 heterocycles. The molecule has 1 saturated heterocycles. The maximum atomic E-state index is 12.7. The lowest BCUT2D eigenvalue weighted by molar-refractivity contribution is 0.0730. The van der Waals surface area contributed by atoms with E-state index in [1.54, 1.807) is 23.9 Å². The summed E-state index contributed by atoms with van der Waals surface area (Å²) in [6, 6.07) is 8.00. The lowest BCUT2D eigenvalue weighted by Gasteiger charge is -2.25. The van der Waals surface area contributed by atoms with Gasteiger partial charge in [-0.3, -0.25) is 0 Å². The topological polar surface area (TPSA) is 59.5 Å². The van der Waals surface area contributed by atoms with E-state index in [1.807, 2.05) is 0 Å². The molecule has 1 aliphatic rings. The number of rotatable bonds is 5. The molecule has 2 aromatic rings. The molecule has 0 atom stereocenters. The average molecular weight is 435 g/mol. The van der Waals surface area contributed by atoms with Crippen LogP contribution in [0.2, 0.25) is 0 Å². The van der Waals surface area contributed by atoms with Gasteiger partial charge in [0.2, 0.25) is 10.0 Å². The molecule has 1 aliphatic heterocycles. The van der Waals surface area contributed by atoms with Crippen LogP contribution in [-0.2, 0) is 25.9 Å². The normalized spacial score (nSPS) is 16.2. The van der Waals surface area contributed by atoms with Crippen LogP contribution in [0.4, 0.5) is 0 Å². The van der Waals surface area contributed by atoms with E-state index in [4.69, 9.17) is 4.74 Å². The molecule has 0 N–H and O–H groups in total. The summed E-state index contributed by atoms with van der Waals surface area (Å²) in [7, 11) is -3.50. The van der Waals surface area contributed by atoms with E-state index in [-0.39, 0.29) is 10.3 Å². The van der Waals surface area contributed by atoms with E-state index in [2.05, 4.69) is 51.7 Å². The molecule has 0 radical (unpaired) electrons. The first kappa shape index (κ1) is 22.3. The van der Waals surface area contributed by atoms with Gasteiger partial charge in [0, 0.05) is 25.0 Å². The maximum Gasteiger partial charge on any atom is 0.244 e. The Morgan fingerprint density at radius 1 is 1.10 bits per heavy atom. The van der Waals surface area contributed by atoms with Crippen molar-refractivity contribution in [3.05, 3.63) is 52.7 Å². The van der Waals surface area contributed by atoms with Gasteiger partial charge in [-0.25, -0.2) is 13.4 Å². The maximum absolute atomic E-state index is 12.7.